The van der Waals surface area contributed by atoms with Gasteiger partial charge in [0.05, 0.1) is 39.5 Å². The smallest absolute Gasteiger partial charge is 0.249 e. The molecule has 3 N–H and O–H groups in total. The molecule has 1 amide bonds. The molecule has 2 atom stereocenters. The van der Waals surface area contributed by atoms with Gasteiger partial charge in [-0.25, -0.2) is 0 Å². The predicted octanol–water partition coefficient (Wildman–Crippen LogP) is 0.835. The first-order valence-corrected chi connectivity index (χ1v) is 7.55. The number of nitrogens with one attached hydrogen (secondary N) is 1. The summed E-state index contributed by atoms with van der Waals surface area (Å²) in [4.78, 5) is 12.2. The quantitative estimate of drug-likeness (QED) is 0.772. The van der Waals surface area contributed by atoms with Gasteiger partial charge in [-0.1, -0.05) is 0 Å². The molecule has 0 spiro atoms. The molecule has 1 aliphatic rings. The van der Waals surface area contributed by atoms with Crippen LogP contribution in [0.15, 0.2) is 12.1 Å². The molecule has 7 nitrogen and oxygen atoms in total. The molecule has 128 valence electrons. The van der Waals surface area contributed by atoms with Crippen LogP contribution in [0, 0.1) is 0 Å². The van der Waals surface area contributed by atoms with Gasteiger partial charge in [0.25, 0.3) is 0 Å². The Kier molecular flexibility index (Phi) is 6.06. The predicted molar refractivity (Wildman–Crippen MR) is 84.9 cm³/mol. The van der Waals surface area contributed by atoms with E-state index >= 15 is 0 Å². The van der Waals surface area contributed by atoms with Crippen molar-refractivity contribution in [3.8, 4) is 17.2 Å². The van der Waals surface area contributed by atoms with Gasteiger partial charge >= 0.3 is 0 Å². The Hall–Kier alpha value is -1.99. The van der Waals surface area contributed by atoms with Gasteiger partial charge in [0.2, 0.25) is 5.91 Å². The summed E-state index contributed by atoms with van der Waals surface area (Å²) in [6.07, 6.45) is 1.02. The van der Waals surface area contributed by atoms with E-state index in [4.69, 9.17) is 24.7 Å². The van der Waals surface area contributed by atoms with Crippen LogP contribution < -0.4 is 25.3 Å². The van der Waals surface area contributed by atoms with Crippen LogP contribution in [-0.2, 0) is 16.1 Å². The fourth-order valence-electron chi connectivity index (χ4n) is 2.61. The lowest BCUT2D eigenvalue weighted by atomic mass is 10.1. The highest BCUT2D eigenvalue weighted by Crippen LogP contribution is 2.34. The minimum absolute atomic E-state index is 0.0317. The number of ether oxygens (including phenoxy) is 4. The average Bonchev–Trinajstić information content (AvgIpc) is 3.08. The summed E-state index contributed by atoms with van der Waals surface area (Å²) >= 11 is 0. The lowest BCUT2D eigenvalue weighted by Gasteiger charge is -2.17. The lowest BCUT2D eigenvalue weighted by Crippen LogP contribution is -2.35. The molecule has 0 radical (unpaired) electrons. The van der Waals surface area contributed by atoms with E-state index in [2.05, 4.69) is 5.32 Å². The van der Waals surface area contributed by atoms with E-state index in [0.29, 0.717) is 30.2 Å². The second-order valence-electron chi connectivity index (χ2n) is 5.29. The number of methoxy groups -OCH3 is 3. The number of hydrogen-bond acceptors (Lipinski definition) is 6. The van der Waals surface area contributed by atoms with Crippen LogP contribution >= 0.6 is 0 Å². The maximum atomic E-state index is 12.2. The zero-order valence-electron chi connectivity index (χ0n) is 13.8. The number of nitrogens with two attached hydrogens (primary N) is 1. The van der Waals surface area contributed by atoms with E-state index in [-0.39, 0.29) is 18.6 Å². The highest BCUT2D eigenvalue weighted by Gasteiger charge is 2.30. The number of hydrogen-bond donors (Lipinski definition) is 2. The first-order chi connectivity index (χ1) is 11.1. The Morgan fingerprint density at radius 3 is 2.35 bits per heavy atom. The van der Waals surface area contributed by atoms with Crippen LogP contribution in [0.2, 0.25) is 0 Å². The van der Waals surface area contributed by atoms with Crippen LogP contribution in [0.5, 0.6) is 17.2 Å². The number of carbonyl (C=O) groups is 1. The maximum absolute atomic E-state index is 12.2. The zero-order valence-corrected chi connectivity index (χ0v) is 13.8. The average molecular weight is 324 g/mol. The monoisotopic (exact) mass is 324 g/mol. The molecule has 0 aliphatic carbocycles. The van der Waals surface area contributed by atoms with Gasteiger partial charge in [0.1, 0.15) is 23.4 Å². The third kappa shape index (κ3) is 4.05. The molecule has 23 heavy (non-hydrogen) atoms. The molecule has 1 aromatic rings. The van der Waals surface area contributed by atoms with Crippen LogP contribution in [0.3, 0.4) is 0 Å². The number of amides is 1. The van der Waals surface area contributed by atoms with Crippen molar-refractivity contribution in [1.82, 2.24) is 5.32 Å². The summed E-state index contributed by atoms with van der Waals surface area (Å²) in [5.74, 6) is 1.65. The minimum atomic E-state index is -0.446. The van der Waals surface area contributed by atoms with Crippen molar-refractivity contribution < 1.29 is 23.7 Å². The fourth-order valence-corrected chi connectivity index (χ4v) is 2.61. The maximum Gasteiger partial charge on any atom is 0.249 e. The van der Waals surface area contributed by atoms with E-state index in [1.807, 2.05) is 0 Å². The van der Waals surface area contributed by atoms with Crippen molar-refractivity contribution in [2.24, 2.45) is 5.73 Å². The molecule has 1 aliphatic heterocycles. The summed E-state index contributed by atoms with van der Waals surface area (Å²) < 4.78 is 21.5. The SMILES string of the molecule is COc1cc(OC)c(CNC(=O)[C@@H]2CC[C@H](CN)O2)c(OC)c1. The standard InChI is InChI=1S/C16H24N2O5/c1-20-11-6-14(21-2)12(15(7-11)22-3)9-18-16(19)13-5-4-10(8-17)23-13/h6-7,10,13H,4-5,8-9,17H2,1-3H3,(H,18,19)/t10-,13+/m1/s1. The number of benzene rings is 1. The van der Waals surface area contributed by atoms with Gasteiger partial charge in [-0.3, -0.25) is 4.79 Å². The molecule has 7 heteroatoms. The second-order valence-corrected chi connectivity index (χ2v) is 5.29. The van der Waals surface area contributed by atoms with E-state index in [1.165, 1.54) is 0 Å². The summed E-state index contributed by atoms with van der Waals surface area (Å²) in [6.45, 7) is 0.715. The van der Waals surface area contributed by atoms with Crippen molar-refractivity contribution in [2.45, 2.75) is 31.6 Å². The highest BCUT2D eigenvalue weighted by molar-refractivity contribution is 5.81. The van der Waals surface area contributed by atoms with Crippen LogP contribution in [0.25, 0.3) is 0 Å². The normalized spacial score (nSPS) is 20.2. The Morgan fingerprint density at radius 2 is 1.87 bits per heavy atom. The Morgan fingerprint density at radius 1 is 1.22 bits per heavy atom. The largest absolute Gasteiger partial charge is 0.496 e. The molecule has 0 saturated carbocycles. The van der Waals surface area contributed by atoms with Crippen molar-refractivity contribution in [3.05, 3.63) is 17.7 Å². The first kappa shape index (κ1) is 17.4. The van der Waals surface area contributed by atoms with Gasteiger partial charge in [-0.2, -0.15) is 0 Å². The molecule has 0 unspecified atom stereocenters. The highest BCUT2D eigenvalue weighted by atomic mass is 16.5. The first-order valence-electron chi connectivity index (χ1n) is 7.55. The van der Waals surface area contributed by atoms with Gasteiger partial charge in [-0.05, 0) is 12.8 Å². The van der Waals surface area contributed by atoms with Crippen LogP contribution in [-0.4, -0.2) is 46.0 Å². The molecule has 0 aromatic heterocycles. The molecular formula is C16H24N2O5. The van der Waals surface area contributed by atoms with Crippen molar-refractivity contribution in [2.75, 3.05) is 27.9 Å². The Balaban J connectivity index is 2.06. The van der Waals surface area contributed by atoms with E-state index in [0.717, 1.165) is 12.0 Å². The minimum Gasteiger partial charge on any atom is -0.496 e. The number of rotatable bonds is 7. The molecule has 1 fully saturated rings. The van der Waals surface area contributed by atoms with Crippen molar-refractivity contribution in [1.29, 1.82) is 0 Å². The second kappa shape index (κ2) is 8.03. The summed E-state index contributed by atoms with van der Waals surface area (Å²) in [5, 5.41) is 2.87. The van der Waals surface area contributed by atoms with E-state index < -0.39 is 6.10 Å². The van der Waals surface area contributed by atoms with Gasteiger partial charge < -0.3 is 30.0 Å². The van der Waals surface area contributed by atoms with E-state index in [1.54, 1.807) is 33.5 Å². The van der Waals surface area contributed by atoms with Gasteiger partial charge in [-0.15, -0.1) is 0 Å². The van der Waals surface area contributed by atoms with Gasteiger partial charge in [0.15, 0.2) is 0 Å². The zero-order chi connectivity index (χ0) is 16.8. The Bertz CT molecular complexity index is 524. The van der Waals surface area contributed by atoms with Crippen LogP contribution in [0.1, 0.15) is 18.4 Å². The third-order valence-corrected chi connectivity index (χ3v) is 3.92. The third-order valence-electron chi connectivity index (χ3n) is 3.92. The summed E-state index contributed by atoms with van der Waals surface area (Å²) in [5.41, 5.74) is 6.31. The van der Waals surface area contributed by atoms with Crippen molar-refractivity contribution in [3.63, 3.8) is 0 Å². The summed E-state index contributed by atoms with van der Waals surface area (Å²) in [6, 6.07) is 3.50. The molecule has 1 heterocycles. The lowest BCUT2D eigenvalue weighted by molar-refractivity contribution is -0.132. The molecular weight excluding hydrogens is 300 g/mol. The fraction of sp³-hybridized carbons (Fsp3) is 0.562. The van der Waals surface area contributed by atoms with Crippen LogP contribution in [0.4, 0.5) is 0 Å². The van der Waals surface area contributed by atoms with Crippen molar-refractivity contribution >= 4 is 5.91 Å². The number of carbonyl (C=O) groups excluding carboxylic acids is 1. The topological polar surface area (TPSA) is 92.0 Å². The molecule has 1 aromatic carbocycles. The molecule has 1 saturated heterocycles. The Labute approximate surface area is 136 Å². The summed E-state index contributed by atoms with van der Waals surface area (Å²) in [7, 11) is 4.69. The van der Waals surface area contributed by atoms with Gasteiger partial charge in [0, 0.05) is 18.7 Å². The molecule has 0 bridgehead atoms. The molecule has 2 rings (SSSR count). The van der Waals surface area contributed by atoms with E-state index in [9.17, 15) is 4.79 Å².